The molecule has 0 aromatic heterocycles. The Balaban J connectivity index is 1.96. The van der Waals surface area contributed by atoms with Gasteiger partial charge in [-0.05, 0) is 43.7 Å². The Kier molecular flexibility index (Phi) is 9.98. The molecule has 1 aromatic rings. The van der Waals surface area contributed by atoms with Gasteiger partial charge in [0.15, 0.2) is 5.96 Å². The summed E-state index contributed by atoms with van der Waals surface area (Å²) >= 11 is 0. The van der Waals surface area contributed by atoms with Crippen molar-refractivity contribution in [3.05, 3.63) is 35.4 Å². The first-order valence-electron chi connectivity index (χ1n) is 11.0. The summed E-state index contributed by atoms with van der Waals surface area (Å²) in [6.07, 6.45) is 2.85. The predicted molar refractivity (Wildman–Crippen MR) is 119 cm³/mol. The minimum atomic E-state index is 0.257. The van der Waals surface area contributed by atoms with Gasteiger partial charge in [-0.3, -0.25) is 4.79 Å². The van der Waals surface area contributed by atoms with Crippen LogP contribution in [0.2, 0.25) is 0 Å². The maximum atomic E-state index is 12.0. The summed E-state index contributed by atoms with van der Waals surface area (Å²) in [6, 6.07) is 8.28. The predicted octanol–water partition coefficient (Wildman–Crippen LogP) is 3.32. The van der Waals surface area contributed by atoms with Gasteiger partial charge in [0.25, 0.3) is 0 Å². The molecule has 0 bridgehead atoms. The van der Waals surface area contributed by atoms with Crippen molar-refractivity contribution in [2.24, 2.45) is 10.9 Å². The van der Waals surface area contributed by atoms with Crippen LogP contribution >= 0.6 is 0 Å². The third kappa shape index (κ3) is 7.69. The SMILES string of the molecule is CCNC(=NCc1ccccc1CN1CCCC1=O)NCCC(OCC)C(C)C. The summed E-state index contributed by atoms with van der Waals surface area (Å²) in [5.74, 6) is 1.57. The van der Waals surface area contributed by atoms with E-state index in [1.807, 2.05) is 24.0 Å². The van der Waals surface area contributed by atoms with Crippen molar-refractivity contribution < 1.29 is 9.53 Å². The van der Waals surface area contributed by atoms with Gasteiger partial charge in [0.1, 0.15) is 0 Å². The highest BCUT2D eigenvalue weighted by Crippen LogP contribution is 2.18. The monoisotopic (exact) mass is 402 g/mol. The van der Waals surface area contributed by atoms with Crippen LogP contribution in [-0.4, -0.2) is 49.1 Å². The third-order valence-corrected chi connectivity index (χ3v) is 5.25. The Morgan fingerprint density at radius 2 is 1.97 bits per heavy atom. The van der Waals surface area contributed by atoms with Crippen LogP contribution in [0.15, 0.2) is 29.3 Å². The summed E-state index contributed by atoms with van der Waals surface area (Å²) in [6.45, 7) is 13.0. The standard InChI is InChI=1S/C23H38N4O2/c1-5-24-23(25-14-13-21(18(3)4)29-6-2)26-16-19-10-7-8-11-20(19)17-27-15-9-12-22(27)28/h7-8,10-11,18,21H,5-6,9,12-17H2,1-4H3,(H2,24,25,26). The van der Waals surface area contributed by atoms with Gasteiger partial charge in [-0.25, -0.2) is 4.99 Å². The van der Waals surface area contributed by atoms with Crippen molar-refractivity contribution in [1.29, 1.82) is 0 Å². The highest BCUT2D eigenvalue weighted by molar-refractivity contribution is 5.79. The molecule has 0 saturated carbocycles. The molecule has 1 unspecified atom stereocenters. The molecule has 29 heavy (non-hydrogen) atoms. The Hall–Kier alpha value is -2.08. The molecule has 1 aliphatic heterocycles. The molecule has 1 aromatic carbocycles. The average Bonchev–Trinajstić information content (AvgIpc) is 3.10. The molecule has 1 atom stereocenters. The van der Waals surface area contributed by atoms with E-state index in [-0.39, 0.29) is 12.0 Å². The molecule has 1 amide bonds. The highest BCUT2D eigenvalue weighted by atomic mass is 16.5. The zero-order chi connectivity index (χ0) is 21.1. The van der Waals surface area contributed by atoms with Gasteiger partial charge in [0.05, 0.1) is 12.6 Å². The Morgan fingerprint density at radius 1 is 1.21 bits per heavy atom. The second-order valence-corrected chi connectivity index (χ2v) is 7.84. The molecule has 6 nitrogen and oxygen atoms in total. The lowest BCUT2D eigenvalue weighted by Gasteiger charge is -2.21. The highest BCUT2D eigenvalue weighted by Gasteiger charge is 2.20. The van der Waals surface area contributed by atoms with Crippen LogP contribution in [-0.2, 0) is 22.6 Å². The maximum Gasteiger partial charge on any atom is 0.222 e. The van der Waals surface area contributed by atoms with Crippen LogP contribution in [0, 0.1) is 5.92 Å². The van der Waals surface area contributed by atoms with Gasteiger partial charge in [0.2, 0.25) is 5.91 Å². The quantitative estimate of drug-likeness (QED) is 0.440. The summed E-state index contributed by atoms with van der Waals surface area (Å²) in [5, 5.41) is 6.75. The summed E-state index contributed by atoms with van der Waals surface area (Å²) in [4.78, 5) is 18.7. The molecular formula is C23H38N4O2. The smallest absolute Gasteiger partial charge is 0.222 e. The van der Waals surface area contributed by atoms with Crippen molar-refractivity contribution in [3.8, 4) is 0 Å². The van der Waals surface area contributed by atoms with Crippen molar-refractivity contribution in [3.63, 3.8) is 0 Å². The topological polar surface area (TPSA) is 66.0 Å². The number of hydrogen-bond donors (Lipinski definition) is 2. The van der Waals surface area contributed by atoms with Gasteiger partial charge in [-0.2, -0.15) is 0 Å². The lowest BCUT2D eigenvalue weighted by Crippen LogP contribution is -2.39. The van der Waals surface area contributed by atoms with Crippen LogP contribution in [0.25, 0.3) is 0 Å². The van der Waals surface area contributed by atoms with E-state index < -0.39 is 0 Å². The molecule has 1 saturated heterocycles. The number of hydrogen-bond acceptors (Lipinski definition) is 3. The van der Waals surface area contributed by atoms with Crippen molar-refractivity contribution >= 4 is 11.9 Å². The van der Waals surface area contributed by atoms with E-state index in [0.29, 0.717) is 25.4 Å². The Bertz CT molecular complexity index is 660. The van der Waals surface area contributed by atoms with E-state index in [9.17, 15) is 4.79 Å². The molecule has 1 aliphatic rings. The van der Waals surface area contributed by atoms with Gasteiger partial charge < -0.3 is 20.3 Å². The Labute approximate surface area is 176 Å². The van der Waals surface area contributed by atoms with Crippen LogP contribution < -0.4 is 10.6 Å². The number of ether oxygens (including phenoxy) is 1. The molecule has 1 fully saturated rings. The minimum absolute atomic E-state index is 0.257. The molecule has 162 valence electrons. The number of nitrogens with one attached hydrogen (secondary N) is 2. The normalized spacial score (nSPS) is 15.8. The fraction of sp³-hybridized carbons (Fsp3) is 0.652. The van der Waals surface area contributed by atoms with Crippen LogP contribution in [0.1, 0.15) is 58.1 Å². The van der Waals surface area contributed by atoms with Crippen LogP contribution in [0.4, 0.5) is 0 Å². The summed E-state index contributed by atoms with van der Waals surface area (Å²) in [5.41, 5.74) is 2.34. The minimum Gasteiger partial charge on any atom is -0.378 e. The van der Waals surface area contributed by atoms with E-state index >= 15 is 0 Å². The lowest BCUT2D eigenvalue weighted by atomic mass is 10.0. The lowest BCUT2D eigenvalue weighted by molar-refractivity contribution is -0.128. The molecule has 2 N–H and O–H groups in total. The van der Waals surface area contributed by atoms with Crippen molar-refractivity contribution in [2.75, 3.05) is 26.2 Å². The average molecular weight is 403 g/mol. The molecular weight excluding hydrogens is 364 g/mol. The number of benzene rings is 1. The zero-order valence-electron chi connectivity index (χ0n) is 18.5. The third-order valence-electron chi connectivity index (χ3n) is 5.25. The van der Waals surface area contributed by atoms with Gasteiger partial charge in [-0.1, -0.05) is 38.1 Å². The fourth-order valence-electron chi connectivity index (χ4n) is 3.60. The largest absolute Gasteiger partial charge is 0.378 e. The first kappa shape index (κ1) is 23.2. The van der Waals surface area contributed by atoms with Gasteiger partial charge in [-0.15, -0.1) is 0 Å². The molecule has 1 heterocycles. The van der Waals surface area contributed by atoms with Crippen LogP contribution in [0.3, 0.4) is 0 Å². The number of carbonyl (C=O) groups is 1. The second-order valence-electron chi connectivity index (χ2n) is 7.84. The molecule has 0 radical (unpaired) electrons. The number of likely N-dealkylation sites (tertiary alicyclic amines) is 1. The zero-order valence-corrected chi connectivity index (χ0v) is 18.5. The fourth-order valence-corrected chi connectivity index (χ4v) is 3.60. The summed E-state index contributed by atoms with van der Waals surface area (Å²) in [7, 11) is 0. The number of aliphatic imine (C=N–C) groups is 1. The van der Waals surface area contributed by atoms with Crippen molar-refractivity contribution in [1.82, 2.24) is 15.5 Å². The Morgan fingerprint density at radius 3 is 2.59 bits per heavy atom. The first-order valence-corrected chi connectivity index (χ1v) is 11.0. The van der Waals surface area contributed by atoms with E-state index in [4.69, 9.17) is 9.73 Å². The molecule has 2 rings (SSSR count). The van der Waals surface area contributed by atoms with E-state index in [1.165, 1.54) is 11.1 Å². The maximum absolute atomic E-state index is 12.0. The van der Waals surface area contributed by atoms with Crippen LogP contribution in [0.5, 0.6) is 0 Å². The molecule has 0 spiro atoms. The number of amides is 1. The first-order chi connectivity index (χ1) is 14.0. The molecule has 6 heteroatoms. The van der Waals surface area contributed by atoms with Crippen molar-refractivity contribution in [2.45, 2.75) is 66.2 Å². The second kappa shape index (κ2) is 12.5. The number of carbonyl (C=O) groups excluding carboxylic acids is 1. The number of guanidine groups is 1. The molecule has 0 aliphatic carbocycles. The van der Waals surface area contributed by atoms with E-state index in [2.05, 4.69) is 43.5 Å². The van der Waals surface area contributed by atoms with E-state index in [0.717, 1.165) is 45.0 Å². The van der Waals surface area contributed by atoms with E-state index in [1.54, 1.807) is 0 Å². The van der Waals surface area contributed by atoms with Gasteiger partial charge >= 0.3 is 0 Å². The number of rotatable bonds is 11. The number of nitrogens with zero attached hydrogens (tertiary/aromatic N) is 2. The summed E-state index contributed by atoms with van der Waals surface area (Å²) < 4.78 is 5.83. The van der Waals surface area contributed by atoms with Gasteiger partial charge in [0, 0.05) is 39.2 Å².